The number of aryl methyl sites for hydroxylation is 1. The minimum Gasteiger partial charge on any atom is -0.303 e. The summed E-state index contributed by atoms with van der Waals surface area (Å²) < 4.78 is 0. The van der Waals surface area contributed by atoms with Gasteiger partial charge in [0.1, 0.15) is 6.29 Å². The molecule has 106 valence electrons. The first kappa shape index (κ1) is 14.7. The predicted molar refractivity (Wildman–Crippen MR) is 79.4 cm³/mol. The molecule has 1 aliphatic carbocycles. The van der Waals surface area contributed by atoms with Gasteiger partial charge in [-0.25, -0.2) is 4.98 Å². The van der Waals surface area contributed by atoms with Crippen LogP contribution in [0.4, 0.5) is 0 Å². The van der Waals surface area contributed by atoms with Gasteiger partial charge in [-0.05, 0) is 26.8 Å². The molecule has 0 spiro atoms. The molecule has 0 aromatic carbocycles. The first-order valence-corrected chi connectivity index (χ1v) is 8.07. The lowest BCUT2D eigenvalue weighted by molar-refractivity contribution is -0.118. The molecular formula is C15H24N2OS. The van der Waals surface area contributed by atoms with E-state index in [1.54, 1.807) is 11.3 Å². The van der Waals surface area contributed by atoms with Gasteiger partial charge in [0.25, 0.3) is 0 Å². The summed E-state index contributed by atoms with van der Waals surface area (Å²) >= 11 is 1.71. The Morgan fingerprint density at radius 1 is 1.37 bits per heavy atom. The third-order valence-electron chi connectivity index (χ3n) is 4.19. The number of thiazole rings is 1. The van der Waals surface area contributed by atoms with Crippen molar-refractivity contribution >= 4 is 17.6 Å². The summed E-state index contributed by atoms with van der Waals surface area (Å²) in [5, 5.41) is 0. The van der Waals surface area contributed by atoms with Crippen molar-refractivity contribution in [2.75, 3.05) is 13.6 Å². The lowest BCUT2D eigenvalue weighted by Gasteiger charge is -2.31. The number of hydrogen-bond acceptors (Lipinski definition) is 4. The van der Waals surface area contributed by atoms with Crippen LogP contribution in [-0.2, 0) is 11.3 Å². The lowest BCUT2D eigenvalue weighted by atomic mass is 9.81. The molecule has 0 radical (unpaired) electrons. The predicted octanol–water partition coefficient (Wildman–Crippen LogP) is 3.42. The zero-order valence-corrected chi connectivity index (χ0v) is 12.8. The van der Waals surface area contributed by atoms with Gasteiger partial charge in [-0.3, -0.25) is 0 Å². The molecule has 0 amide bonds. The molecule has 19 heavy (non-hydrogen) atoms. The van der Waals surface area contributed by atoms with Gasteiger partial charge in [0, 0.05) is 23.4 Å². The molecule has 3 nitrogen and oxygen atoms in total. The first-order valence-electron chi connectivity index (χ1n) is 7.19. The number of aromatic nitrogens is 1. The van der Waals surface area contributed by atoms with Gasteiger partial charge in [0.2, 0.25) is 0 Å². The van der Waals surface area contributed by atoms with Crippen LogP contribution in [-0.4, -0.2) is 29.8 Å². The van der Waals surface area contributed by atoms with Crippen LogP contribution in [0.15, 0.2) is 5.51 Å². The van der Waals surface area contributed by atoms with E-state index in [0.717, 1.165) is 31.6 Å². The van der Waals surface area contributed by atoms with Crippen LogP contribution >= 0.6 is 11.3 Å². The Morgan fingerprint density at radius 3 is 2.58 bits per heavy atom. The summed E-state index contributed by atoms with van der Waals surface area (Å²) in [7, 11) is 2.12. The Bertz CT molecular complexity index is 408. The molecule has 1 heterocycles. The summed E-state index contributed by atoms with van der Waals surface area (Å²) in [6, 6.07) is 0. The van der Waals surface area contributed by atoms with Gasteiger partial charge < -0.3 is 9.69 Å². The molecule has 0 atom stereocenters. The summed E-state index contributed by atoms with van der Waals surface area (Å²) in [6.45, 7) is 3.85. The van der Waals surface area contributed by atoms with Crippen LogP contribution in [0.3, 0.4) is 0 Å². The van der Waals surface area contributed by atoms with Gasteiger partial charge in [0.15, 0.2) is 0 Å². The van der Waals surface area contributed by atoms with E-state index in [4.69, 9.17) is 0 Å². The van der Waals surface area contributed by atoms with Gasteiger partial charge in [-0.2, -0.15) is 0 Å². The molecule has 4 heteroatoms. The maximum Gasteiger partial charge on any atom is 0.127 e. The topological polar surface area (TPSA) is 33.2 Å². The normalized spacial score (nSPS) is 19.3. The summed E-state index contributed by atoms with van der Waals surface area (Å²) in [5.41, 5.74) is 2.92. The standard InChI is InChI=1S/C15H24N2OS/c1-13-14(19-12-16-13)9-17(2)10-15(11-18)7-5-3-4-6-8-15/h11-12H,3-10H2,1-2H3. The monoisotopic (exact) mass is 280 g/mol. The Morgan fingerprint density at radius 2 is 2.05 bits per heavy atom. The zero-order chi connectivity index (χ0) is 13.7. The van der Waals surface area contributed by atoms with E-state index < -0.39 is 0 Å². The third-order valence-corrected chi connectivity index (χ3v) is 5.11. The molecule has 0 bridgehead atoms. The number of carbonyl (C=O) groups excluding carboxylic acids is 1. The van der Waals surface area contributed by atoms with E-state index >= 15 is 0 Å². The average Bonchev–Trinajstić information content (AvgIpc) is 2.66. The van der Waals surface area contributed by atoms with Crippen molar-refractivity contribution in [1.82, 2.24) is 9.88 Å². The number of carbonyl (C=O) groups is 1. The fraction of sp³-hybridized carbons (Fsp3) is 0.733. The quantitative estimate of drug-likeness (QED) is 0.612. The highest BCUT2D eigenvalue weighted by atomic mass is 32.1. The number of nitrogens with zero attached hydrogens (tertiary/aromatic N) is 2. The van der Waals surface area contributed by atoms with E-state index in [9.17, 15) is 4.79 Å². The zero-order valence-electron chi connectivity index (χ0n) is 12.0. The molecule has 1 saturated carbocycles. The molecule has 1 fully saturated rings. The van der Waals surface area contributed by atoms with Crippen molar-refractivity contribution in [1.29, 1.82) is 0 Å². The Balaban J connectivity index is 1.97. The average molecular weight is 280 g/mol. The SMILES string of the molecule is Cc1ncsc1CN(C)CC1(C=O)CCCCCC1. The van der Waals surface area contributed by atoms with E-state index in [0.29, 0.717) is 0 Å². The highest BCUT2D eigenvalue weighted by molar-refractivity contribution is 7.09. The van der Waals surface area contributed by atoms with Crippen LogP contribution in [0.25, 0.3) is 0 Å². The van der Waals surface area contributed by atoms with E-state index in [-0.39, 0.29) is 5.41 Å². The molecule has 2 rings (SSSR count). The van der Waals surface area contributed by atoms with Crippen molar-refractivity contribution in [3.63, 3.8) is 0 Å². The van der Waals surface area contributed by atoms with E-state index in [1.165, 1.54) is 36.8 Å². The second-order valence-electron chi connectivity index (χ2n) is 5.93. The van der Waals surface area contributed by atoms with E-state index in [1.807, 2.05) is 5.51 Å². The largest absolute Gasteiger partial charge is 0.303 e. The highest BCUT2D eigenvalue weighted by Gasteiger charge is 2.31. The summed E-state index contributed by atoms with van der Waals surface area (Å²) in [4.78, 5) is 19.5. The molecule has 0 unspecified atom stereocenters. The van der Waals surface area contributed by atoms with Gasteiger partial charge in [-0.1, -0.05) is 25.7 Å². The summed E-state index contributed by atoms with van der Waals surface area (Å²) in [5.74, 6) is 0. The molecule has 0 N–H and O–H groups in total. The smallest absolute Gasteiger partial charge is 0.127 e. The molecule has 1 aromatic heterocycles. The third kappa shape index (κ3) is 3.86. The van der Waals surface area contributed by atoms with Crippen LogP contribution in [0.5, 0.6) is 0 Å². The van der Waals surface area contributed by atoms with Crippen molar-refractivity contribution in [3.05, 3.63) is 16.1 Å². The van der Waals surface area contributed by atoms with Crippen LogP contribution in [0.2, 0.25) is 0 Å². The molecule has 1 aromatic rings. The lowest BCUT2D eigenvalue weighted by Crippen LogP contribution is -2.36. The number of hydrogen-bond donors (Lipinski definition) is 0. The minimum absolute atomic E-state index is 0.107. The Labute approximate surface area is 120 Å². The minimum atomic E-state index is -0.107. The first-order chi connectivity index (χ1) is 9.15. The highest BCUT2D eigenvalue weighted by Crippen LogP contribution is 2.34. The van der Waals surface area contributed by atoms with Gasteiger partial charge in [-0.15, -0.1) is 11.3 Å². The summed E-state index contributed by atoms with van der Waals surface area (Å²) in [6.07, 6.45) is 8.32. The van der Waals surface area contributed by atoms with Crippen LogP contribution in [0.1, 0.15) is 49.1 Å². The Kier molecular flexibility index (Phi) is 5.11. The molecule has 0 saturated heterocycles. The van der Waals surface area contributed by atoms with Crippen molar-refractivity contribution in [3.8, 4) is 0 Å². The van der Waals surface area contributed by atoms with Gasteiger partial charge >= 0.3 is 0 Å². The van der Waals surface area contributed by atoms with Crippen LogP contribution < -0.4 is 0 Å². The van der Waals surface area contributed by atoms with Gasteiger partial charge in [0.05, 0.1) is 11.2 Å². The van der Waals surface area contributed by atoms with Crippen molar-refractivity contribution < 1.29 is 4.79 Å². The number of aldehydes is 1. The fourth-order valence-corrected chi connectivity index (χ4v) is 3.92. The Hall–Kier alpha value is -0.740. The van der Waals surface area contributed by atoms with Crippen molar-refractivity contribution in [2.45, 2.75) is 52.0 Å². The second kappa shape index (κ2) is 6.62. The van der Waals surface area contributed by atoms with Crippen molar-refractivity contribution in [2.24, 2.45) is 5.41 Å². The molecule has 0 aliphatic heterocycles. The fourth-order valence-electron chi connectivity index (χ4n) is 3.06. The second-order valence-corrected chi connectivity index (χ2v) is 6.87. The van der Waals surface area contributed by atoms with Crippen LogP contribution in [0, 0.1) is 12.3 Å². The molecular weight excluding hydrogens is 256 g/mol. The maximum atomic E-state index is 11.6. The molecule has 1 aliphatic rings. The number of rotatable bonds is 5. The maximum absolute atomic E-state index is 11.6. The van der Waals surface area contributed by atoms with E-state index in [2.05, 4.69) is 23.9 Å².